The van der Waals surface area contributed by atoms with Gasteiger partial charge in [0.15, 0.2) is 5.11 Å². The molecule has 0 saturated carbocycles. The lowest BCUT2D eigenvalue weighted by molar-refractivity contribution is -0.115. The molecule has 0 aliphatic carbocycles. The molecule has 0 aliphatic rings. The van der Waals surface area contributed by atoms with Crippen molar-refractivity contribution in [1.29, 1.82) is 0 Å². The van der Waals surface area contributed by atoms with E-state index in [4.69, 9.17) is 17.0 Å². The minimum absolute atomic E-state index is 0.249. The highest BCUT2D eigenvalue weighted by Gasteiger charge is 2.03. The molecule has 0 radical (unpaired) electrons. The maximum Gasteiger partial charge on any atom is 0.250 e. The van der Waals surface area contributed by atoms with Crippen molar-refractivity contribution in [2.45, 2.75) is 20.8 Å². The smallest absolute Gasteiger partial charge is 0.250 e. The first-order valence-corrected chi connectivity index (χ1v) is 8.93. The Bertz CT molecular complexity index is 766. The quantitative estimate of drug-likeness (QED) is 0.580. The highest BCUT2D eigenvalue weighted by molar-refractivity contribution is 7.80. The molecule has 1 amide bonds. The fourth-order valence-corrected chi connectivity index (χ4v) is 2.28. The number of hydrogen-bond acceptors (Lipinski definition) is 3. The lowest BCUT2D eigenvalue weighted by Crippen LogP contribution is -2.32. The number of amides is 1. The van der Waals surface area contributed by atoms with E-state index in [1.165, 1.54) is 11.6 Å². The van der Waals surface area contributed by atoms with E-state index >= 15 is 0 Å². The Morgan fingerprint density at radius 1 is 1.12 bits per heavy atom. The third kappa shape index (κ3) is 7.07. The fraction of sp³-hybridized carbons (Fsp3) is 0.238. The highest BCUT2D eigenvalue weighted by Crippen LogP contribution is 2.16. The summed E-state index contributed by atoms with van der Waals surface area (Å²) in [7, 11) is 0. The number of anilines is 1. The maximum absolute atomic E-state index is 11.9. The monoisotopic (exact) mass is 368 g/mol. The molecule has 0 unspecified atom stereocenters. The zero-order valence-electron chi connectivity index (χ0n) is 15.3. The minimum atomic E-state index is -0.278. The summed E-state index contributed by atoms with van der Waals surface area (Å²) in [6.07, 6.45) is 3.21. The normalized spacial score (nSPS) is 10.8. The predicted molar refractivity (Wildman–Crippen MR) is 111 cm³/mol. The van der Waals surface area contributed by atoms with Gasteiger partial charge < -0.3 is 10.1 Å². The number of benzene rings is 2. The largest absolute Gasteiger partial charge is 0.493 e. The van der Waals surface area contributed by atoms with Crippen LogP contribution in [0.4, 0.5) is 5.69 Å². The van der Waals surface area contributed by atoms with Gasteiger partial charge in [-0.2, -0.15) is 0 Å². The van der Waals surface area contributed by atoms with Gasteiger partial charge in [-0.15, -0.1) is 0 Å². The highest BCUT2D eigenvalue weighted by atomic mass is 32.1. The van der Waals surface area contributed by atoms with Gasteiger partial charge in [0, 0.05) is 11.8 Å². The molecule has 5 heteroatoms. The molecule has 0 spiro atoms. The van der Waals surface area contributed by atoms with Crippen molar-refractivity contribution in [3.8, 4) is 5.75 Å². The Balaban J connectivity index is 1.82. The molecular formula is C21H24N2O2S. The maximum atomic E-state index is 11.9. The number of hydrogen-bond donors (Lipinski definition) is 2. The summed E-state index contributed by atoms with van der Waals surface area (Å²) in [5, 5.41) is 5.86. The summed E-state index contributed by atoms with van der Waals surface area (Å²) in [4.78, 5) is 11.9. The summed E-state index contributed by atoms with van der Waals surface area (Å²) >= 11 is 5.17. The van der Waals surface area contributed by atoms with Crippen molar-refractivity contribution in [2.75, 3.05) is 11.9 Å². The van der Waals surface area contributed by atoms with Gasteiger partial charge in [-0.3, -0.25) is 10.1 Å². The topological polar surface area (TPSA) is 50.4 Å². The van der Waals surface area contributed by atoms with Gasteiger partial charge in [0.25, 0.3) is 0 Å². The number of carbonyl (C=O) groups is 1. The molecule has 2 aromatic rings. The molecule has 0 aliphatic heterocycles. The zero-order chi connectivity index (χ0) is 18.9. The number of thiocarbonyl (C=S) groups is 1. The Morgan fingerprint density at radius 3 is 2.38 bits per heavy atom. The molecule has 0 fully saturated rings. The molecule has 2 aromatic carbocycles. The van der Waals surface area contributed by atoms with E-state index in [9.17, 15) is 4.79 Å². The van der Waals surface area contributed by atoms with Gasteiger partial charge in [0.1, 0.15) is 5.75 Å². The minimum Gasteiger partial charge on any atom is -0.493 e. The summed E-state index contributed by atoms with van der Waals surface area (Å²) < 4.78 is 5.63. The Hall–Kier alpha value is -2.66. The summed E-state index contributed by atoms with van der Waals surface area (Å²) in [6, 6.07) is 15.4. The SMILES string of the molecule is Cc1ccc(/C=C/C(=O)NC(=S)Nc2ccc(OCC(C)C)cc2)cc1. The standard InChI is InChI=1S/C21H24N2O2S/c1-15(2)14-25-19-11-9-18(10-12-19)22-21(26)23-20(24)13-8-17-6-4-16(3)5-7-17/h4-13,15H,14H2,1-3H3,(H2,22,23,24,26)/b13-8+. The van der Waals surface area contributed by atoms with E-state index in [1.807, 2.05) is 55.5 Å². The van der Waals surface area contributed by atoms with Crippen molar-refractivity contribution in [1.82, 2.24) is 5.32 Å². The van der Waals surface area contributed by atoms with E-state index in [0.29, 0.717) is 12.5 Å². The van der Waals surface area contributed by atoms with Crippen LogP contribution in [-0.4, -0.2) is 17.6 Å². The van der Waals surface area contributed by atoms with Crippen molar-refractivity contribution < 1.29 is 9.53 Å². The summed E-state index contributed by atoms with van der Waals surface area (Å²) in [6.45, 7) is 6.90. The van der Waals surface area contributed by atoms with Gasteiger partial charge >= 0.3 is 0 Å². The van der Waals surface area contributed by atoms with E-state index in [-0.39, 0.29) is 11.0 Å². The second kappa shape index (κ2) is 9.73. The van der Waals surface area contributed by atoms with Crippen molar-refractivity contribution in [2.24, 2.45) is 5.92 Å². The predicted octanol–water partition coefficient (Wildman–Crippen LogP) is 4.56. The average Bonchev–Trinajstić information content (AvgIpc) is 2.60. The number of nitrogens with one attached hydrogen (secondary N) is 2. The number of ether oxygens (including phenoxy) is 1. The molecule has 0 aromatic heterocycles. The number of rotatable bonds is 6. The molecular weight excluding hydrogens is 344 g/mol. The van der Waals surface area contributed by atoms with Crippen molar-refractivity contribution >= 4 is 35.0 Å². The van der Waals surface area contributed by atoms with Crippen LogP contribution in [0, 0.1) is 12.8 Å². The van der Waals surface area contributed by atoms with Crippen molar-refractivity contribution in [3.05, 3.63) is 65.7 Å². The summed E-state index contributed by atoms with van der Waals surface area (Å²) in [5.74, 6) is 1.00. The van der Waals surface area contributed by atoms with Crippen LogP contribution >= 0.6 is 12.2 Å². The van der Waals surface area contributed by atoms with Gasteiger partial charge in [0.05, 0.1) is 6.61 Å². The average molecular weight is 369 g/mol. The van der Waals surface area contributed by atoms with Crippen LogP contribution in [0.5, 0.6) is 5.75 Å². The third-order valence-corrected chi connectivity index (χ3v) is 3.64. The molecule has 4 nitrogen and oxygen atoms in total. The molecule has 2 N–H and O–H groups in total. The molecule has 0 bridgehead atoms. The van der Waals surface area contributed by atoms with Crippen LogP contribution in [0.3, 0.4) is 0 Å². The van der Waals surface area contributed by atoms with Gasteiger partial charge in [-0.1, -0.05) is 43.7 Å². The lowest BCUT2D eigenvalue weighted by atomic mass is 10.1. The van der Waals surface area contributed by atoms with Gasteiger partial charge in [-0.05, 0) is 61.0 Å². The van der Waals surface area contributed by atoms with Crippen LogP contribution in [-0.2, 0) is 4.79 Å². The fourth-order valence-electron chi connectivity index (χ4n) is 2.06. The second-order valence-corrected chi connectivity index (χ2v) is 6.82. The number of carbonyl (C=O) groups excluding carboxylic acids is 1. The van der Waals surface area contributed by atoms with Crippen molar-refractivity contribution in [3.63, 3.8) is 0 Å². The van der Waals surface area contributed by atoms with Crippen LogP contribution in [0.2, 0.25) is 0 Å². The molecule has 0 heterocycles. The third-order valence-electron chi connectivity index (χ3n) is 3.44. The van der Waals surface area contributed by atoms with Gasteiger partial charge in [-0.25, -0.2) is 0 Å². The first kappa shape index (κ1) is 19.7. The Labute approximate surface area is 160 Å². The number of aryl methyl sites for hydroxylation is 1. The van der Waals surface area contributed by atoms with E-state index in [0.717, 1.165) is 17.0 Å². The van der Waals surface area contributed by atoms with E-state index < -0.39 is 0 Å². The lowest BCUT2D eigenvalue weighted by Gasteiger charge is -2.11. The molecule has 2 rings (SSSR count). The second-order valence-electron chi connectivity index (χ2n) is 6.42. The Morgan fingerprint density at radius 2 is 1.77 bits per heavy atom. The van der Waals surface area contributed by atoms with Gasteiger partial charge in [0.2, 0.25) is 5.91 Å². The Kier molecular flexibility index (Phi) is 7.36. The van der Waals surface area contributed by atoms with Crippen LogP contribution in [0.25, 0.3) is 6.08 Å². The molecule has 26 heavy (non-hydrogen) atoms. The molecule has 136 valence electrons. The van der Waals surface area contributed by atoms with E-state index in [2.05, 4.69) is 24.5 Å². The van der Waals surface area contributed by atoms with Crippen LogP contribution in [0.1, 0.15) is 25.0 Å². The molecule has 0 atom stereocenters. The molecule has 0 saturated heterocycles. The van der Waals surface area contributed by atoms with Crippen LogP contribution in [0.15, 0.2) is 54.6 Å². The first-order valence-electron chi connectivity index (χ1n) is 8.52. The zero-order valence-corrected chi connectivity index (χ0v) is 16.1. The summed E-state index contributed by atoms with van der Waals surface area (Å²) in [5.41, 5.74) is 2.92. The van der Waals surface area contributed by atoms with E-state index in [1.54, 1.807) is 6.08 Å². The first-order chi connectivity index (χ1) is 12.4. The van der Waals surface area contributed by atoms with Crippen LogP contribution < -0.4 is 15.4 Å².